The molecule has 0 spiro atoms. The molecule has 1 saturated heterocycles. The molecular weight excluding hydrogens is 270 g/mol. The van der Waals surface area contributed by atoms with Crippen LogP contribution in [0, 0.1) is 6.92 Å². The first-order chi connectivity index (χ1) is 10.8. The van der Waals surface area contributed by atoms with Crippen LogP contribution < -0.4 is 5.32 Å². The number of hydrogen-bond donors (Lipinski definition) is 1. The topological polar surface area (TPSA) is 29.9 Å². The van der Waals surface area contributed by atoms with E-state index in [-0.39, 0.29) is 0 Å². The van der Waals surface area contributed by atoms with Gasteiger partial charge in [0.05, 0.1) is 11.0 Å². The zero-order valence-corrected chi connectivity index (χ0v) is 14.1. The van der Waals surface area contributed by atoms with Crippen LogP contribution in [0.3, 0.4) is 0 Å². The fraction of sp³-hybridized carbons (Fsp3) is 0.632. The number of aromatic nitrogens is 2. The molecule has 0 atom stereocenters. The normalized spacial score (nSPS) is 16.5. The van der Waals surface area contributed by atoms with Crippen molar-refractivity contribution in [3.05, 3.63) is 29.6 Å². The molecule has 2 heterocycles. The Labute approximate surface area is 134 Å². The van der Waals surface area contributed by atoms with Gasteiger partial charge < -0.3 is 9.88 Å². The minimum Gasteiger partial charge on any atom is -0.328 e. The summed E-state index contributed by atoms with van der Waals surface area (Å²) in [5, 5.41) is 3.47. The Morgan fingerprint density at radius 3 is 2.77 bits per heavy atom. The van der Waals surface area contributed by atoms with E-state index in [1.165, 1.54) is 60.9 Å². The van der Waals surface area contributed by atoms with Gasteiger partial charge >= 0.3 is 0 Å². The second-order valence-corrected chi connectivity index (χ2v) is 6.70. The molecule has 1 N–H and O–H groups in total. The average molecular weight is 299 g/mol. The average Bonchev–Trinajstić information content (AvgIpc) is 2.90. The van der Waals surface area contributed by atoms with Crippen molar-refractivity contribution in [1.82, 2.24) is 14.9 Å². The zero-order valence-electron chi connectivity index (χ0n) is 14.1. The minimum atomic E-state index is 0.625. The standard InChI is InChI=1S/C19H29N3/c1-3-4-5-6-13-22-18-8-7-15(2)14-17(18)21-19(22)16-9-11-20-12-10-16/h7-8,14,16,20H,3-6,9-13H2,1-2H3. The molecule has 3 heteroatoms. The molecule has 2 aromatic rings. The fourth-order valence-corrected chi connectivity index (χ4v) is 3.58. The first-order valence-corrected chi connectivity index (χ1v) is 8.97. The summed E-state index contributed by atoms with van der Waals surface area (Å²) in [6.45, 7) is 7.81. The number of hydrogen-bond acceptors (Lipinski definition) is 2. The van der Waals surface area contributed by atoms with Gasteiger partial charge in [0.15, 0.2) is 0 Å². The van der Waals surface area contributed by atoms with Gasteiger partial charge in [0.2, 0.25) is 0 Å². The van der Waals surface area contributed by atoms with Crippen molar-refractivity contribution in [2.75, 3.05) is 13.1 Å². The lowest BCUT2D eigenvalue weighted by Gasteiger charge is -2.23. The van der Waals surface area contributed by atoms with Gasteiger partial charge in [0.25, 0.3) is 0 Å². The third-order valence-electron chi connectivity index (χ3n) is 4.87. The van der Waals surface area contributed by atoms with E-state index in [1.54, 1.807) is 0 Å². The van der Waals surface area contributed by atoms with Crippen molar-refractivity contribution < 1.29 is 0 Å². The van der Waals surface area contributed by atoms with Gasteiger partial charge in [-0.05, 0) is 57.0 Å². The smallest absolute Gasteiger partial charge is 0.113 e. The van der Waals surface area contributed by atoms with Crippen LogP contribution in [-0.2, 0) is 6.54 Å². The van der Waals surface area contributed by atoms with E-state index in [4.69, 9.17) is 4.98 Å². The third kappa shape index (κ3) is 3.35. The maximum absolute atomic E-state index is 5.03. The van der Waals surface area contributed by atoms with E-state index < -0.39 is 0 Å². The number of piperidine rings is 1. The summed E-state index contributed by atoms with van der Waals surface area (Å²) in [6, 6.07) is 6.73. The Bertz CT molecular complexity index is 608. The van der Waals surface area contributed by atoms with Crippen molar-refractivity contribution in [3.8, 4) is 0 Å². The summed E-state index contributed by atoms with van der Waals surface area (Å²) in [5.74, 6) is 1.96. The lowest BCUT2D eigenvalue weighted by Crippen LogP contribution is -2.28. The van der Waals surface area contributed by atoms with Gasteiger partial charge in [-0.15, -0.1) is 0 Å². The zero-order chi connectivity index (χ0) is 15.4. The number of unbranched alkanes of at least 4 members (excludes halogenated alkanes) is 3. The number of rotatable bonds is 6. The van der Waals surface area contributed by atoms with Crippen LogP contribution in [0.5, 0.6) is 0 Å². The highest BCUT2D eigenvalue weighted by Gasteiger charge is 2.22. The van der Waals surface area contributed by atoms with Gasteiger partial charge in [-0.25, -0.2) is 4.98 Å². The lowest BCUT2D eigenvalue weighted by molar-refractivity contribution is 0.428. The summed E-state index contributed by atoms with van der Waals surface area (Å²) >= 11 is 0. The van der Waals surface area contributed by atoms with Crippen molar-refractivity contribution >= 4 is 11.0 Å². The first kappa shape index (κ1) is 15.5. The fourth-order valence-electron chi connectivity index (χ4n) is 3.58. The summed E-state index contributed by atoms with van der Waals surface area (Å²) in [5.41, 5.74) is 3.82. The molecule has 0 saturated carbocycles. The number of nitrogens with zero attached hydrogens (tertiary/aromatic N) is 2. The number of aryl methyl sites for hydroxylation is 2. The molecule has 0 amide bonds. The predicted molar refractivity (Wildman–Crippen MR) is 93.5 cm³/mol. The summed E-state index contributed by atoms with van der Waals surface area (Å²) in [7, 11) is 0. The Morgan fingerprint density at radius 1 is 1.18 bits per heavy atom. The van der Waals surface area contributed by atoms with Gasteiger partial charge in [0.1, 0.15) is 5.82 Å². The van der Waals surface area contributed by atoms with Gasteiger partial charge in [-0.1, -0.05) is 32.3 Å². The third-order valence-corrected chi connectivity index (χ3v) is 4.87. The second-order valence-electron chi connectivity index (χ2n) is 6.70. The molecule has 1 aromatic carbocycles. The van der Waals surface area contributed by atoms with Crippen LogP contribution in [0.25, 0.3) is 11.0 Å². The summed E-state index contributed by atoms with van der Waals surface area (Å²) < 4.78 is 2.51. The maximum Gasteiger partial charge on any atom is 0.113 e. The number of benzene rings is 1. The Balaban J connectivity index is 1.89. The molecule has 120 valence electrons. The van der Waals surface area contributed by atoms with E-state index in [2.05, 4.69) is 41.9 Å². The monoisotopic (exact) mass is 299 g/mol. The summed E-state index contributed by atoms with van der Waals surface area (Å²) in [4.78, 5) is 5.03. The highest BCUT2D eigenvalue weighted by Crippen LogP contribution is 2.29. The van der Waals surface area contributed by atoms with E-state index >= 15 is 0 Å². The van der Waals surface area contributed by atoms with Crippen molar-refractivity contribution in [3.63, 3.8) is 0 Å². The predicted octanol–water partition coefficient (Wildman–Crippen LogP) is 4.39. The van der Waals surface area contributed by atoms with Crippen molar-refractivity contribution in [2.45, 2.75) is 64.8 Å². The minimum absolute atomic E-state index is 0.625. The molecule has 1 aliphatic heterocycles. The van der Waals surface area contributed by atoms with E-state index in [9.17, 15) is 0 Å². The lowest BCUT2D eigenvalue weighted by atomic mass is 9.97. The molecule has 0 unspecified atom stereocenters. The number of nitrogens with one attached hydrogen (secondary N) is 1. The molecule has 3 rings (SSSR count). The van der Waals surface area contributed by atoms with Crippen LogP contribution in [0.15, 0.2) is 18.2 Å². The van der Waals surface area contributed by atoms with Crippen LogP contribution in [0.1, 0.15) is 62.8 Å². The van der Waals surface area contributed by atoms with Crippen LogP contribution in [0.4, 0.5) is 0 Å². The SMILES string of the molecule is CCCCCCn1c(C2CCNCC2)nc2cc(C)ccc21. The van der Waals surface area contributed by atoms with E-state index in [0.29, 0.717) is 5.92 Å². The molecule has 0 bridgehead atoms. The summed E-state index contributed by atoms with van der Waals surface area (Å²) in [6.07, 6.45) is 7.67. The largest absolute Gasteiger partial charge is 0.328 e. The maximum atomic E-state index is 5.03. The van der Waals surface area contributed by atoms with Crippen LogP contribution in [-0.4, -0.2) is 22.6 Å². The van der Waals surface area contributed by atoms with Gasteiger partial charge in [-0.2, -0.15) is 0 Å². The second kappa shape index (κ2) is 7.28. The molecule has 0 aliphatic carbocycles. The molecule has 0 radical (unpaired) electrons. The van der Waals surface area contributed by atoms with E-state index in [1.807, 2.05) is 0 Å². The van der Waals surface area contributed by atoms with Crippen LogP contribution in [0.2, 0.25) is 0 Å². The highest BCUT2D eigenvalue weighted by atomic mass is 15.1. The Kier molecular flexibility index (Phi) is 5.14. The molecule has 1 aromatic heterocycles. The van der Waals surface area contributed by atoms with E-state index in [0.717, 1.165) is 19.6 Å². The number of fused-ring (bicyclic) bond motifs is 1. The Hall–Kier alpha value is -1.35. The number of imidazole rings is 1. The first-order valence-electron chi connectivity index (χ1n) is 8.97. The molecular formula is C19H29N3. The molecule has 1 fully saturated rings. The quantitative estimate of drug-likeness (QED) is 0.802. The van der Waals surface area contributed by atoms with Crippen molar-refractivity contribution in [2.24, 2.45) is 0 Å². The molecule has 1 aliphatic rings. The van der Waals surface area contributed by atoms with Gasteiger partial charge in [0, 0.05) is 12.5 Å². The molecule has 22 heavy (non-hydrogen) atoms. The van der Waals surface area contributed by atoms with Crippen molar-refractivity contribution in [1.29, 1.82) is 0 Å². The van der Waals surface area contributed by atoms with Crippen LogP contribution >= 0.6 is 0 Å². The molecule has 3 nitrogen and oxygen atoms in total. The Morgan fingerprint density at radius 2 is 2.00 bits per heavy atom. The highest BCUT2D eigenvalue weighted by molar-refractivity contribution is 5.77. The van der Waals surface area contributed by atoms with Gasteiger partial charge in [-0.3, -0.25) is 0 Å².